The second-order valence-corrected chi connectivity index (χ2v) is 16.3. The van der Waals surface area contributed by atoms with Crippen LogP contribution in [0.4, 0.5) is 0 Å². The molecule has 14 rings (SSSR count). The lowest BCUT2D eigenvalue weighted by Crippen LogP contribution is -1.99. The molecule has 10 heterocycles. The summed E-state index contributed by atoms with van der Waals surface area (Å²) in [6.45, 7) is 8.88. The Morgan fingerprint density at radius 2 is 0.500 bits per heavy atom. The van der Waals surface area contributed by atoms with Gasteiger partial charge in [0.05, 0.1) is 28.4 Å². The van der Waals surface area contributed by atoms with Crippen molar-refractivity contribution in [2.24, 2.45) is 0 Å². The molecule has 10 aliphatic rings. The first-order chi connectivity index (χ1) is 23.2. The summed E-state index contributed by atoms with van der Waals surface area (Å²) in [6, 6.07) is 18.2. The number of aryl methyl sites for hydroxylation is 4. The first-order valence-electron chi connectivity index (χ1n) is 16.2. The third kappa shape index (κ3) is 8.98. The molecule has 256 valence electrons. The van der Waals surface area contributed by atoms with E-state index in [0.29, 0.717) is 0 Å². The Kier molecular flexibility index (Phi) is 13.3. The SMILES string of the molecule is COc1cc2c(C)cc1CSCc1cc(OC)c(cc1C)CSCc1cc(C)c(cc1OC)CSCc1cc(C)c(cc1OC)CSC2. The molecular weight excluding hydrogens is 673 g/mol. The second-order valence-electron chi connectivity index (χ2n) is 12.3. The van der Waals surface area contributed by atoms with Gasteiger partial charge in [0.15, 0.2) is 0 Å². The number of methoxy groups -OCH3 is 4. The van der Waals surface area contributed by atoms with Crippen LogP contribution in [-0.4, -0.2) is 28.4 Å². The van der Waals surface area contributed by atoms with Gasteiger partial charge in [-0.3, -0.25) is 0 Å². The van der Waals surface area contributed by atoms with Crippen molar-refractivity contribution in [1.29, 1.82) is 0 Å². The van der Waals surface area contributed by atoms with E-state index in [9.17, 15) is 0 Å². The van der Waals surface area contributed by atoms with Gasteiger partial charge in [0.25, 0.3) is 0 Å². The quantitative estimate of drug-likeness (QED) is 0.206. The first-order valence-corrected chi connectivity index (χ1v) is 20.8. The van der Waals surface area contributed by atoms with Crippen LogP contribution in [0.1, 0.15) is 66.8 Å². The molecule has 4 nitrogen and oxygen atoms in total. The molecule has 0 atom stereocenters. The molecule has 0 unspecified atom stereocenters. The van der Waals surface area contributed by atoms with Gasteiger partial charge in [-0.15, -0.1) is 0 Å². The summed E-state index contributed by atoms with van der Waals surface area (Å²) in [6.07, 6.45) is 0. The van der Waals surface area contributed by atoms with Crippen LogP contribution in [0.25, 0.3) is 0 Å². The monoisotopic (exact) mass is 720 g/mol. The number of rotatable bonds is 4. The van der Waals surface area contributed by atoms with Crippen LogP contribution >= 0.6 is 47.0 Å². The van der Waals surface area contributed by atoms with Crippen LogP contribution in [0.2, 0.25) is 0 Å². The topological polar surface area (TPSA) is 36.9 Å². The highest BCUT2D eigenvalue weighted by Gasteiger charge is 2.15. The van der Waals surface area contributed by atoms with E-state index in [4.69, 9.17) is 18.9 Å². The van der Waals surface area contributed by atoms with Gasteiger partial charge in [-0.05, 0) is 96.5 Å². The van der Waals surface area contributed by atoms with Gasteiger partial charge in [0, 0.05) is 68.3 Å². The smallest absolute Gasteiger partial charge is 0.123 e. The molecule has 48 heavy (non-hydrogen) atoms. The van der Waals surface area contributed by atoms with Crippen molar-refractivity contribution in [3.63, 3.8) is 0 Å². The predicted molar refractivity (Wildman–Crippen MR) is 211 cm³/mol. The van der Waals surface area contributed by atoms with Gasteiger partial charge in [-0.25, -0.2) is 0 Å². The van der Waals surface area contributed by atoms with Crippen LogP contribution < -0.4 is 18.9 Å². The third-order valence-corrected chi connectivity index (χ3v) is 13.1. The molecule has 0 aromatic heterocycles. The third-order valence-electron chi connectivity index (χ3n) is 9.02. The lowest BCUT2D eigenvalue weighted by molar-refractivity contribution is 0.410. The van der Waals surface area contributed by atoms with Crippen LogP contribution in [0.15, 0.2) is 48.5 Å². The molecular formula is C40H48O4S4. The van der Waals surface area contributed by atoms with E-state index in [0.717, 1.165) is 69.0 Å². The van der Waals surface area contributed by atoms with E-state index in [1.807, 2.05) is 47.0 Å². The zero-order valence-corrected chi connectivity index (χ0v) is 32.8. The van der Waals surface area contributed by atoms with Crippen LogP contribution in [0, 0.1) is 27.7 Å². The summed E-state index contributed by atoms with van der Waals surface area (Å²) in [5, 5.41) is 0. The summed E-state index contributed by atoms with van der Waals surface area (Å²) >= 11 is 7.68. The minimum Gasteiger partial charge on any atom is -0.496 e. The van der Waals surface area contributed by atoms with Crippen LogP contribution in [0.5, 0.6) is 23.0 Å². The highest BCUT2D eigenvalue weighted by Crippen LogP contribution is 2.37. The van der Waals surface area contributed by atoms with Crippen molar-refractivity contribution in [3.05, 3.63) is 115 Å². The van der Waals surface area contributed by atoms with E-state index in [2.05, 4.69) is 76.2 Å². The van der Waals surface area contributed by atoms with Gasteiger partial charge in [0.2, 0.25) is 0 Å². The maximum Gasteiger partial charge on any atom is 0.123 e. The summed E-state index contributed by atoms with van der Waals surface area (Å²) in [5.74, 6) is 11.1. The largest absolute Gasteiger partial charge is 0.496 e. The Labute approximate surface area is 304 Å². The van der Waals surface area contributed by atoms with Crippen molar-refractivity contribution in [2.45, 2.75) is 73.7 Å². The molecule has 0 spiro atoms. The Hall–Kier alpha value is -2.52. The molecule has 0 aliphatic carbocycles. The van der Waals surface area contributed by atoms with E-state index < -0.39 is 0 Å². The maximum absolute atomic E-state index is 5.89. The van der Waals surface area contributed by atoms with Gasteiger partial charge >= 0.3 is 0 Å². The Morgan fingerprint density at radius 1 is 0.312 bits per heavy atom. The molecule has 8 bridgehead atoms. The average Bonchev–Trinajstić information content (AvgIpc) is 3.07. The molecule has 8 heteroatoms. The first kappa shape index (κ1) is 36.8. The van der Waals surface area contributed by atoms with Gasteiger partial charge in [0.1, 0.15) is 23.0 Å². The fourth-order valence-electron chi connectivity index (χ4n) is 6.08. The van der Waals surface area contributed by atoms with Crippen molar-refractivity contribution < 1.29 is 18.9 Å². The highest BCUT2D eigenvalue weighted by molar-refractivity contribution is 7.98. The molecule has 0 saturated heterocycles. The normalized spacial score (nSPS) is 14.5. The zero-order chi connectivity index (χ0) is 34.2. The minimum absolute atomic E-state index is 0.873. The van der Waals surface area contributed by atoms with Crippen molar-refractivity contribution in [1.82, 2.24) is 0 Å². The Bertz CT molecular complexity index is 1610. The molecule has 0 N–H and O–H groups in total. The van der Waals surface area contributed by atoms with Crippen molar-refractivity contribution in [3.8, 4) is 23.0 Å². The lowest BCUT2D eigenvalue weighted by Gasteiger charge is -2.17. The molecule has 0 fully saturated rings. The lowest BCUT2D eigenvalue weighted by atomic mass is 10.1. The molecule has 4 aromatic rings. The molecule has 0 amide bonds. The summed E-state index contributed by atoms with van der Waals surface area (Å²) in [5.41, 5.74) is 15.5. The molecule has 0 radical (unpaired) electrons. The van der Waals surface area contributed by atoms with E-state index in [1.54, 1.807) is 28.4 Å². The van der Waals surface area contributed by atoms with Gasteiger partial charge in [-0.2, -0.15) is 47.0 Å². The van der Waals surface area contributed by atoms with Crippen LogP contribution in [0.3, 0.4) is 0 Å². The van der Waals surface area contributed by atoms with Gasteiger partial charge < -0.3 is 18.9 Å². The van der Waals surface area contributed by atoms with E-state index >= 15 is 0 Å². The summed E-state index contributed by atoms with van der Waals surface area (Å²) in [4.78, 5) is 0. The predicted octanol–water partition coefficient (Wildman–Crippen LogP) is 11.0. The number of hydrogen-bond donors (Lipinski definition) is 0. The summed E-state index contributed by atoms with van der Waals surface area (Å²) in [7, 11) is 7.13. The standard InChI is InChI=1S/C40H48O4S4/c1-25-9-33-21-46-19-31-15-39(43-7)35(11-27(31)3)23-48-24-36-12-28(4)32(16-40(36)44-8)20-47-22-34-10-26(2)30(14-38(34)42-6)18-45-17-29(25)13-37(33)41-5/h9-16H,17-24H2,1-8H3. The van der Waals surface area contributed by atoms with Gasteiger partial charge in [-0.1, -0.05) is 24.3 Å². The average molecular weight is 721 g/mol. The minimum atomic E-state index is 0.873. The number of benzene rings is 4. The Balaban J connectivity index is 1.44. The number of thioether (sulfide) groups is 4. The van der Waals surface area contributed by atoms with Crippen LogP contribution in [-0.2, 0) is 46.0 Å². The molecule has 0 saturated carbocycles. The molecule has 4 aromatic carbocycles. The van der Waals surface area contributed by atoms with E-state index in [-0.39, 0.29) is 0 Å². The second kappa shape index (κ2) is 17.4. The fourth-order valence-corrected chi connectivity index (χ4v) is 10.4. The zero-order valence-electron chi connectivity index (χ0n) is 29.5. The summed E-state index contributed by atoms with van der Waals surface area (Å²) < 4.78 is 23.6. The highest BCUT2D eigenvalue weighted by atomic mass is 32.2. The fraction of sp³-hybridized carbons (Fsp3) is 0.400. The molecule has 10 aliphatic heterocycles. The Morgan fingerprint density at radius 3 is 0.688 bits per heavy atom. The van der Waals surface area contributed by atoms with Crippen molar-refractivity contribution in [2.75, 3.05) is 28.4 Å². The number of ether oxygens (including phenoxy) is 4. The maximum atomic E-state index is 5.89. The van der Waals surface area contributed by atoms with Crippen molar-refractivity contribution >= 4 is 47.0 Å². The van der Waals surface area contributed by atoms with E-state index in [1.165, 1.54) is 66.8 Å². The number of hydrogen-bond acceptors (Lipinski definition) is 8.